The van der Waals surface area contributed by atoms with Crippen molar-refractivity contribution in [1.82, 2.24) is 0 Å². The van der Waals surface area contributed by atoms with Gasteiger partial charge in [-0.1, -0.05) is 55.3 Å². The van der Waals surface area contributed by atoms with E-state index in [-0.39, 0.29) is 12.5 Å². The maximum absolute atomic E-state index is 12.5. The van der Waals surface area contributed by atoms with Crippen LogP contribution in [-0.4, -0.2) is 19.0 Å². The Bertz CT molecular complexity index is 681. The van der Waals surface area contributed by atoms with E-state index in [0.29, 0.717) is 12.5 Å². The lowest BCUT2D eigenvalue weighted by atomic mass is 10.1. The molecule has 3 rings (SSSR count). The van der Waals surface area contributed by atoms with E-state index in [4.69, 9.17) is 10.5 Å². The summed E-state index contributed by atoms with van der Waals surface area (Å²) in [6.07, 6.45) is 4.87. The van der Waals surface area contributed by atoms with Gasteiger partial charge in [0.2, 0.25) is 5.91 Å². The van der Waals surface area contributed by atoms with E-state index in [9.17, 15) is 4.79 Å². The zero-order valence-electron chi connectivity index (χ0n) is 14.6. The van der Waals surface area contributed by atoms with Crippen LogP contribution in [0, 0.1) is 5.92 Å². The zero-order valence-corrected chi connectivity index (χ0v) is 14.6. The molecule has 1 aliphatic carbocycles. The van der Waals surface area contributed by atoms with E-state index in [1.165, 1.54) is 25.7 Å². The average Bonchev–Trinajstić information content (AvgIpc) is 3.18. The fourth-order valence-corrected chi connectivity index (χ4v) is 3.43. The van der Waals surface area contributed by atoms with Gasteiger partial charge in [0.05, 0.1) is 12.2 Å². The number of hydrogen-bond acceptors (Lipinski definition) is 3. The van der Waals surface area contributed by atoms with Gasteiger partial charge in [0.1, 0.15) is 12.4 Å². The Hall–Kier alpha value is -2.33. The lowest BCUT2D eigenvalue weighted by Crippen LogP contribution is -2.39. The van der Waals surface area contributed by atoms with Gasteiger partial charge >= 0.3 is 0 Å². The highest BCUT2D eigenvalue weighted by Crippen LogP contribution is 2.32. The van der Waals surface area contributed by atoms with Gasteiger partial charge < -0.3 is 15.4 Å². The molecule has 0 heterocycles. The molecule has 132 valence electrons. The topological polar surface area (TPSA) is 55.6 Å². The summed E-state index contributed by atoms with van der Waals surface area (Å²) in [7, 11) is 0. The maximum Gasteiger partial charge on any atom is 0.240 e. The fraction of sp³-hybridized carbons (Fsp3) is 0.381. The van der Waals surface area contributed by atoms with E-state index < -0.39 is 0 Å². The Balaban J connectivity index is 1.78. The molecule has 2 N–H and O–H groups in total. The molecule has 0 spiro atoms. The molecule has 1 amide bonds. The number of nitrogens with two attached hydrogens (primary N) is 1. The van der Waals surface area contributed by atoms with Crippen LogP contribution in [0.4, 0.5) is 5.69 Å². The SMILES string of the molecule is NCC(=O)N(CC1CCCC1)c1ccccc1OCc1ccccc1. The Morgan fingerprint density at radius 3 is 2.44 bits per heavy atom. The Labute approximate surface area is 149 Å². The van der Waals surface area contributed by atoms with Crippen LogP contribution in [0.25, 0.3) is 0 Å². The third-order valence-corrected chi connectivity index (χ3v) is 4.78. The number of hydrogen-bond donors (Lipinski definition) is 1. The van der Waals surface area contributed by atoms with Gasteiger partial charge in [-0.2, -0.15) is 0 Å². The van der Waals surface area contributed by atoms with Crippen molar-refractivity contribution in [1.29, 1.82) is 0 Å². The largest absolute Gasteiger partial charge is 0.487 e. The third-order valence-electron chi connectivity index (χ3n) is 4.78. The minimum absolute atomic E-state index is 0.0136. The molecule has 0 aliphatic heterocycles. The first kappa shape index (κ1) is 17.5. The van der Waals surface area contributed by atoms with Crippen molar-refractivity contribution in [3.05, 3.63) is 60.2 Å². The minimum Gasteiger partial charge on any atom is -0.487 e. The summed E-state index contributed by atoms with van der Waals surface area (Å²) in [4.78, 5) is 14.3. The lowest BCUT2D eigenvalue weighted by molar-refractivity contribution is -0.117. The molecule has 0 unspecified atom stereocenters. The first-order valence-corrected chi connectivity index (χ1v) is 9.04. The van der Waals surface area contributed by atoms with Crippen molar-refractivity contribution in [2.75, 3.05) is 18.0 Å². The summed E-state index contributed by atoms with van der Waals surface area (Å²) >= 11 is 0. The number of carbonyl (C=O) groups is 1. The quantitative estimate of drug-likeness (QED) is 0.836. The van der Waals surface area contributed by atoms with Crippen LogP contribution in [0.3, 0.4) is 0 Å². The number of anilines is 1. The van der Waals surface area contributed by atoms with E-state index in [2.05, 4.69) is 0 Å². The summed E-state index contributed by atoms with van der Waals surface area (Å²) < 4.78 is 6.03. The second-order valence-electron chi connectivity index (χ2n) is 6.60. The molecule has 0 aromatic heterocycles. The Morgan fingerprint density at radius 1 is 1.04 bits per heavy atom. The average molecular weight is 338 g/mol. The van der Waals surface area contributed by atoms with Gasteiger partial charge in [-0.15, -0.1) is 0 Å². The highest BCUT2D eigenvalue weighted by Gasteiger charge is 2.24. The highest BCUT2D eigenvalue weighted by molar-refractivity contribution is 5.96. The van der Waals surface area contributed by atoms with Crippen molar-refractivity contribution < 1.29 is 9.53 Å². The number of carbonyl (C=O) groups excluding carboxylic acids is 1. The number of rotatable bonds is 7. The molecule has 25 heavy (non-hydrogen) atoms. The van der Waals surface area contributed by atoms with Gasteiger partial charge in [0, 0.05) is 6.54 Å². The molecule has 1 fully saturated rings. The molecule has 1 saturated carbocycles. The molecule has 2 aromatic carbocycles. The Morgan fingerprint density at radius 2 is 1.72 bits per heavy atom. The normalized spacial score (nSPS) is 14.4. The van der Waals surface area contributed by atoms with Crippen molar-refractivity contribution in [3.8, 4) is 5.75 Å². The standard InChI is InChI=1S/C21H26N2O2/c22-14-21(24)23(15-17-8-4-5-9-17)19-12-6-7-13-20(19)25-16-18-10-2-1-3-11-18/h1-3,6-7,10-13,17H,4-5,8-9,14-16,22H2. The van der Waals surface area contributed by atoms with Gasteiger partial charge in [-0.25, -0.2) is 0 Å². The minimum atomic E-state index is -0.0531. The summed E-state index contributed by atoms with van der Waals surface area (Å²) in [5, 5.41) is 0. The van der Waals surface area contributed by atoms with Crippen LogP contribution in [0.1, 0.15) is 31.2 Å². The van der Waals surface area contributed by atoms with Crippen LogP contribution in [0.5, 0.6) is 5.75 Å². The highest BCUT2D eigenvalue weighted by atomic mass is 16.5. The number of benzene rings is 2. The lowest BCUT2D eigenvalue weighted by Gasteiger charge is -2.27. The molecular formula is C21H26N2O2. The molecule has 0 saturated heterocycles. The molecule has 4 nitrogen and oxygen atoms in total. The van der Waals surface area contributed by atoms with Crippen LogP contribution in [0.2, 0.25) is 0 Å². The summed E-state index contributed by atoms with van der Waals surface area (Å²) in [6, 6.07) is 17.8. The monoisotopic (exact) mass is 338 g/mol. The molecule has 4 heteroatoms. The first-order chi connectivity index (χ1) is 12.3. The van der Waals surface area contributed by atoms with Crippen LogP contribution >= 0.6 is 0 Å². The molecule has 0 atom stereocenters. The third kappa shape index (κ3) is 4.60. The van der Waals surface area contributed by atoms with Crippen molar-refractivity contribution >= 4 is 11.6 Å². The zero-order chi connectivity index (χ0) is 17.5. The second-order valence-corrected chi connectivity index (χ2v) is 6.60. The maximum atomic E-state index is 12.5. The van der Waals surface area contributed by atoms with Crippen LogP contribution < -0.4 is 15.4 Å². The smallest absolute Gasteiger partial charge is 0.240 e. The number of amides is 1. The number of ether oxygens (including phenoxy) is 1. The molecular weight excluding hydrogens is 312 g/mol. The van der Waals surface area contributed by atoms with Crippen LogP contribution in [0.15, 0.2) is 54.6 Å². The molecule has 0 radical (unpaired) electrons. The number of para-hydroxylation sites is 2. The van der Waals surface area contributed by atoms with Gasteiger partial charge in [-0.05, 0) is 36.5 Å². The molecule has 0 bridgehead atoms. The van der Waals surface area contributed by atoms with E-state index >= 15 is 0 Å². The summed E-state index contributed by atoms with van der Waals surface area (Å²) in [6.45, 7) is 1.22. The predicted octanol–water partition coefficient (Wildman–Crippen LogP) is 3.75. The van der Waals surface area contributed by atoms with E-state index in [0.717, 1.165) is 23.5 Å². The Kier molecular flexibility index (Phi) is 6.07. The molecule has 1 aliphatic rings. The number of nitrogens with zero attached hydrogens (tertiary/aromatic N) is 1. The first-order valence-electron chi connectivity index (χ1n) is 9.04. The van der Waals surface area contributed by atoms with Crippen LogP contribution in [-0.2, 0) is 11.4 Å². The van der Waals surface area contributed by atoms with Crippen molar-refractivity contribution in [2.45, 2.75) is 32.3 Å². The van der Waals surface area contributed by atoms with E-state index in [1.54, 1.807) is 0 Å². The van der Waals surface area contributed by atoms with E-state index in [1.807, 2.05) is 59.5 Å². The van der Waals surface area contributed by atoms with Gasteiger partial charge in [0.25, 0.3) is 0 Å². The van der Waals surface area contributed by atoms with Gasteiger partial charge in [-0.3, -0.25) is 4.79 Å². The second kappa shape index (κ2) is 8.67. The van der Waals surface area contributed by atoms with Crippen molar-refractivity contribution in [3.63, 3.8) is 0 Å². The van der Waals surface area contributed by atoms with Crippen molar-refractivity contribution in [2.24, 2.45) is 11.7 Å². The fourth-order valence-electron chi connectivity index (χ4n) is 3.43. The summed E-state index contributed by atoms with van der Waals surface area (Å²) in [5.41, 5.74) is 7.59. The predicted molar refractivity (Wildman–Crippen MR) is 101 cm³/mol. The summed E-state index contributed by atoms with van der Waals surface area (Å²) in [5.74, 6) is 1.23. The molecule has 2 aromatic rings. The van der Waals surface area contributed by atoms with Gasteiger partial charge in [0.15, 0.2) is 0 Å².